The van der Waals surface area contributed by atoms with E-state index in [0.29, 0.717) is 6.54 Å². The molecule has 0 heterocycles. The smallest absolute Gasteiger partial charge is 0.255 e. The number of nitrogens with zero attached hydrogens (tertiary/aromatic N) is 1. The number of nitrogens with two attached hydrogens (primary N) is 1. The second kappa shape index (κ2) is 9.39. The van der Waals surface area contributed by atoms with E-state index in [1.165, 1.54) is 19.0 Å². The van der Waals surface area contributed by atoms with Crippen molar-refractivity contribution >= 4 is 23.2 Å². The zero-order valence-electron chi connectivity index (χ0n) is 22.4. The van der Waals surface area contributed by atoms with Crippen molar-refractivity contribution in [3.05, 3.63) is 45.2 Å². The molecule has 0 bridgehead atoms. The molecule has 12 heteroatoms. The zero-order valence-corrected chi connectivity index (χ0v) is 22.4. The third-order valence-electron chi connectivity index (χ3n) is 7.82. The quantitative estimate of drug-likeness (QED) is 0.297. The first-order chi connectivity index (χ1) is 17.9. The summed E-state index contributed by atoms with van der Waals surface area (Å²) in [5.41, 5.74) is -0.372. The number of halogens is 2. The predicted molar refractivity (Wildman–Crippen MR) is 135 cm³/mol. The van der Waals surface area contributed by atoms with E-state index in [-0.39, 0.29) is 30.4 Å². The number of aromatic hydroxyl groups is 1. The first kappa shape index (κ1) is 28.7. The molecule has 0 radical (unpaired) electrons. The molecule has 39 heavy (non-hydrogen) atoms. The maximum absolute atomic E-state index is 15.3. The van der Waals surface area contributed by atoms with Gasteiger partial charge in [-0.1, -0.05) is 20.8 Å². The fourth-order valence-electron chi connectivity index (χ4n) is 6.08. The number of phenols is 1. The van der Waals surface area contributed by atoms with E-state index in [1.54, 1.807) is 0 Å². The van der Waals surface area contributed by atoms with Crippen LogP contribution in [-0.4, -0.2) is 75.1 Å². The minimum absolute atomic E-state index is 0.207. The van der Waals surface area contributed by atoms with E-state index in [2.05, 4.69) is 5.32 Å². The van der Waals surface area contributed by atoms with Crippen LogP contribution in [-0.2, 0) is 27.3 Å². The molecule has 0 spiro atoms. The Hall–Kier alpha value is -3.35. The average Bonchev–Trinajstić information content (AvgIpc) is 2.80. The van der Waals surface area contributed by atoms with Gasteiger partial charge in [0, 0.05) is 35.7 Å². The standard InChI is InChI=1S/C27H33F2N3O7/c1-26(2,3)9-31-8-12-18(29)17(28)11-6-10-7-13-19(32(4)5)22(35)16(25(30)38)24(37)27(13,39)23(36)14(10)21(34)15(11)20(12)33/h10,13,19,31,33-34,37,39H,6-9H2,1-5H3,(H2,30,38)/t10-,13-,19-,27-/m0/s1. The highest BCUT2D eigenvalue weighted by Crippen LogP contribution is 2.53. The van der Waals surface area contributed by atoms with E-state index in [0.717, 1.165) is 0 Å². The van der Waals surface area contributed by atoms with Crippen molar-refractivity contribution in [2.45, 2.75) is 51.8 Å². The Bertz CT molecular complexity index is 1360. The van der Waals surface area contributed by atoms with Crippen LogP contribution in [0, 0.1) is 28.9 Å². The third kappa shape index (κ3) is 4.21. The molecule has 7 N–H and O–H groups in total. The van der Waals surface area contributed by atoms with Gasteiger partial charge in [0.25, 0.3) is 5.91 Å². The highest BCUT2D eigenvalue weighted by atomic mass is 19.2. The van der Waals surface area contributed by atoms with Crippen LogP contribution in [0.1, 0.15) is 43.9 Å². The van der Waals surface area contributed by atoms with Gasteiger partial charge in [0.1, 0.15) is 22.8 Å². The number of carbonyl (C=O) groups excluding carboxylic acids is 3. The minimum atomic E-state index is -2.81. The molecular formula is C27H33F2N3O7. The minimum Gasteiger partial charge on any atom is -0.508 e. The van der Waals surface area contributed by atoms with Crippen molar-refractivity contribution in [1.29, 1.82) is 0 Å². The van der Waals surface area contributed by atoms with Crippen LogP contribution in [0.25, 0.3) is 5.76 Å². The van der Waals surface area contributed by atoms with Crippen molar-refractivity contribution in [3.63, 3.8) is 0 Å². The molecule has 212 valence electrons. The summed E-state index contributed by atoms with van der Waals surface area (Å²) in [6, 6.07) is -1.27. The van der Waals surface area contributed by atoms with Gasteiger partial charge in [-0.15, -0.1) is 0 Å². The highest BCUT2D eigenvalue weighted by Gasteiger charge is 2.64. The van der Waals surface area contributed by atoms with Gasteiger partial charge in [-0.2, -0.15) is 0 Å². The van der Waals surface area contributed by atoms with Gasteiger partial charge in [-0.3, -0.25) is 19.3 Å². The summed E-state index contributed by atoms with van der Waals surface area (Å²) in [6.45, 7) is 5.87. The second-order valence-electron chi connectivity index (χ2n) is 11.9. The van der Waals surface area contributed by atoms with Crippen LogP contribution in [0.4, 0.5) is 8.78 Å². The fraction of sp³-hybridized carbons (Fsp3) is 0.519. The van der Waals surface area contributed by atoms with Crippen molar-refractivity contribution < 1.29 is 43.6 Å². The number of rotatable bonds is 5. The van der Waals surface area contributed by atoms with Crippen LogP contribution in [0.2, 0.25) is 0 Å². The Morgan fingerprint density at radius 3 is 2.31 bits per heavy atom. The number of benzene rings is 1. The number of hydrogen-bond acceptors (Lipinski definition) is 9. The first-order valence-electron chi connectivity index (χ1n) is 12.5. The van der Waals surface area contributed by atoms with E-state index >= 15 is 8.78 Å². The number of Topliss-reactive ketones (excluding diaryl/α,β-unsaturated/α-hetero) is 2. The summed E-state index contributed by atoms with van der Waals surface area (Å²) >= 11 is 0. The molecule has 4 rings (SSSR count). The molecule has 3 aliphatic carbocycles. The molecule has 1 aromatic carbocycles. The van der Waals surface area contributed by atoms with E-state index in [4.69, 9.17) is 5.73 Å². The predicted octanol–water partition coefficient (Wildman–Crippen LogP) is 1.38. The number of ketones is 2. The van der Waals surface area contributed by atoms with E-state index in [1.807, 2.05) is 20.8 Å². The number of nitrogens with one attached hydrogen (secondary N) is 1. The van der Waals surface area contributed by atoms with Crippen molar-refractivity contribution in [1.82, 2.24) is 10.2 Å². The maximum atomic E-state index is 15.3. The van der Waals surface area contributed by atoms with Crippen LogP contribution >= 0.6 is 0 Å². The van der Waals surface area contributed by atoms with Crippen LogP contribution in [0.15, 0.2) is 16.9 Å². The first-order valence-corrected chi connectivity index (χ1v) is 12.5. The Morgan fingerprint density at radius 2 is 1.77 bits per heavy atom. The lowest BCUT2D eigenvalue weighted by Gasteiger charge is -2.50. The maximum Gasteiger partial charge on any atom is 0.255 e. The number of carbonyl (C=O) groups is 3. The second-order valence-corrected chi connectivity index (χ2v) is 11.9. The van der Waals surface area contributed by atoms with E-state index in [9.17, 15) is 34.8 Å². The fourth-order valence-corrected chi connectivity index (χ4v) is 6.08. The summed E-state index contributed by atoms with van der Waals surface area (Å²) in [7, 11) is 2.94. The van der Waals surface area contributed by atoms with Crippen LogP contribution in [0.5, 0.6) is 5.75 Å². The Labute approximate surface area is 223 Å². The summed E-state index contributed by atoms with van der Waals surface area (Å²) in [5, 5.41) is 47.5. The Kier molecular flexibility index (Phi) is 6.90. The summed E-state index contributed by atoms with van der Waals surface area (Å²) in [5.74, 6) is -11.2. The van der Waals surface area contributed by atoms with Gasteiger partial charge in [0.05, 0.1) is 11.6 Å². The van der Waals surface area contributed by atoms with Gasteiger partial charge >= 0.3 is 0 Å². The Balaban J connectivity index is 1.90. The summed E-state index contributed by atoms with van der Waals surface area (Å²) in [6.07, 6.45) is -0.553. The zero-order chi connectivity index (χ0) is 29.4. The average molecular weight is 550 g/mol. The van der Waals surface area contributed by atoms with Crippen LogP contribution < -0.4 is 11.1 Å². The molecule has 10 nitrogen and oxygen atoms in total. The van der Waals surface area contributed by atoms with Crippen molar-refractivity contribution in [3.8, 4) is 5.75 Å². The summed E-state index contributed by atoms with van der Waals surface area (Å²) in [4.78, 5) is 40.3. The number of fused-ring (bicyclic) bond motifs is 3. The van der Waals surface area contributed by atoms with Gasteiger partial charge in [-0.25, -0.2) is 8.78 Å². The SMILES string of the molecule is CN(C)[C@@H]1C(=O)C(C(N)=O)=C(O)[C@@]2(O)C(=O)C3=C(O)c4c(O)c(CNCC(C)(C)C)c(F)c(F)c4C[C@H]3C[C@@H]12. The molecule has 1 aromatic rings. The largest absolute Gasteiger partial charge is 0.508 e. The number of primary amides is 1. The molecule has 1 fully saturated rings. The number of amides is 1. The van der Waals surface area contributed by atoms with Gasteiger partial charge < -0.3 is 31.5 Å². The molecule has 0 saturated heterocycles. The lowest BCUT2D eigenvalue weighted by atomic mass is 9.57. The van der Waals surface area contributed by atoms with Gasteiger partial charge in [0.2, 0.25) is 5.78 Å². The molecule has 0 aromatic heterocycles. The molecule has 1 amide bonds. The normalized spacial score (nSPS) is 27.1. The molecule has 4 atom stereocenters. The topological polar surface area (TPSA) is 173 Å². The van der Waals surface area contributed by atoms with Crippen LogP contribution in [0.3, 0.4) is 0 Å². The molecule has 0 unspecified atom stereocenters. The highest BCUT2D eigenvalue weighted by molar-refractivity contribution is 6.24. The van der Waals surface area contributed by atoms with Crippen molar-refractivity contribution in [2.75, 3.05) is 20.6 Å². The number of aliphatic hydroxyl groups excluding tert-OH is 2. The molecular weight excluding hydrogens is 516 g/mol. The summed E-state index contributed by atoms with van der Waals surface area (Å²) < 4.78 is 30.5. The molecule has 1 saturated carbocycles. The number of aliphatic hydroxyl groups is 3. The Morgan fingerprint density at radius 1 is 1.15 bits per heavy atom. The molecule has 0 aliphatic heterocycles. The lowest BCUT2D eigenvalue weighted by molar-refractivity contribution is -0.153. The monoisotopic (exact) mass is 549 g/mol. The van der Waals surface area contributed by atoms with Gasteiger partial charge in [-0.05, 0) is 38.3 Å². The number of hydrogen-bond donors (Lipinski definition) is 6. The third-order valence-corrected chi connectivity index (χ3v) is 7.82. The lowest BCUT2D eigenvalue weighted by Crippen LogP contribution is -2.65. The molecule has 3 aliphatic rings. The van der Waals surface area contributed by atoms with Crippen molar-refractivity contribution in [2.24, 2.45) is 23.0 Å². The number of likely N-dealkylation sites (N-methyl/N-ethyl adjacent to an activating group) is 1. The van der Waals surface area contributed by atoms with E-state index < -0.39 is 92.1 Å². The van der Waals surface area contributed by atoms with Gasteiger partial charge in [0.15, 0.2) is 23.0 Å². The number of phenolic OH excluding ortho intramolecular Hbond substituents is 1.